The highest BCUT2D eigenvalue weighted by Gasteiger charge is 2.53. The summed E-state index contributed by atoms with van der Waals surface area (Å²) in [6.07, 6.45) is -4.26. The number of aliphatic hydroxyl groups is 1. The number of rotatable bonds is 6. The Hall–Kier alpha value is -3.14. The Kier molecular flexibility index (Phi) is 5.95. The fourth-order valence-electron chi connectivity index (χ4n) is 3.01. The van der Waals surface area contributed by atoms with Gasteiger partial charge >= 0.3 is 6.18 Å². The van der Waals surface area contributed by atoms with E-state index in [0.29, 0.717) is 24.3 Å². The van der Waals surface area contributed by atoms with Crippen LogP contribution in [0.4, 0.5) is 19.0 Å². The zero-order valence-corrected chi connectivity index (χ0v) is 17.5. The van der Waals surface area contributed by atoms with Crippen LogP contribution in [0.3, 0.4) is 0 Å². The maximum Gasteiger partial charge on any atom is 0.421 e. The first kappa shape index (κ1) is 22.5. The fourth-order valence-corrected chi connectivity index (χ4v) is 3.01. The number of carbonyl (C=O) groups excluding carboxylic acids is 1. The van der Waals surface area contributed by atoms with Gasteiger partial charge in [-0.3, -0.25) is 4.79 Å². The summed E-state index contributed by atoms with van der Waals surface area (Å²) < 4.78 is 47.0. The maximum atomic E-state index is 13.4. The van der Waals surface area contributed by atoms with Crippen LogP contribution in [0.15, 0.2) is 40.9 Å². The normalized spacial score (nSPS) is 14.0. The highest BCUT2D eigenvalue weighted by Crippen LogP contribution is 2.42. The van der Waals surface area contributed by atoms with Gasteiger partial charge in [0.25, 0.3) is 0 Å². The summed E-state index contributed by atoms with van der Waals surface area (Å²) in [4.78, 5) is 17.0. The second kappa shape index (κ2) is 8.18. The van der Waals surface area contributed by atoms with Gasteiger partial charge in [-0.05, 0) is 39.8 Å². The predicted molar refractivity (Wildman–Crippen MR) is 107 cm³/mol. The van der Waals surface area contributed by atoms with Crippen molar-refractivity contribution in [1.29, 1.82) is 0 Å². The van der Waals surface area contributed by atoms with Crippen LogP contribution >= 0.6 is 0 Å². The van der Waals surface area contributed by atoms with Gasteiger partial charge in [-0.1, -0.05) is 18.2 Å². The number of nitrogens with one attached hydrogen (secondary N) is 1. The Bertz CT molecular complexity index is 1070. The van der Waals surface area contributed by atoms with E-state index in [0.717, 1.165) is 11.8 Å². The lowest BCUT2D eigenvalue weighted by Gasteiger charge is -2.27. The molecule has 3 aromatic rings. The van der Waals surface area contributed by atoms with E-state index < -0.39 is 23.2 Å². The molecule has 0 saturated carbocycles. The molecule has 0 unspecified atom stereocenters. The van der Waals surface area contributed by atoms with E-state index in [4.69, 9.17) is 4.42 Å². The number of amides is 1. The number of aryl methyl sites for hydroxylation is 1. The Morgan fingerprint density at radius 1 is 1.26 bits per heavy atom. The van der Waals surface area contributed by atoms with Gasteiger partial charge in [0.15, 0.2) is 5.60 Å². The van der Waals surface area contributed by atoms with Gasteiger partial charge in [-0.25, -0.2) is 9.67 Å². The molecule has 31 heavy (non-hydrogen) atoms. The average Bonchev–Trinajstić information content (AvgIpc) is 3.26. The van der Waals surface area contributed by atoms with Crippen molar-refractivity contribution < 1.29 is 27.5 Å². The highest BCUT2D eigenvalue weighted by atomic mass is 19.4. The van der Waals surface area contributed by atoms with Crippen molar-refractivity contribution in [2.24, 2.45) is 0 Å². The summed E-state index contributed by atoms with van der Waals surface area (Å²) in [7, 11) is 0. The first-order valence-corrected chi connectivity index (χ1v) is 9.60. The van der Waals surface area contributed by atoms with E-state index in [9.17, 15) is 23.1 Å². The molecule has 3 rings (SSSR count). The van der Waals surface area contributed by atoms with Crippen LogP contribution in [0.2, 0.25) is 0 Å². The third-order valence-electron chi connectivity index (χ3n) is 4.86. The molecule has 0 aliphatic heterocycles. The van der Waals surface area contributed by atoms with Gasteiger partial charge in [0, 0.05) is 11.6 Å². The summed E-state index contributed by atoms with van der Waals surface area (Å²) >= 11 is 0. The summed E-state index contributed by atoms with van der Waals surface area (Å²) in [6, 6.07) is 8.75. The number of oxazole rings is 1. The molecule has 2 aromatic heterocycles. The monoisotopic (exact) mass is 436 g/mol. The maximum absolute atomic E-state index is 13.4. The number of nitrogens with zero attached hydrogens (tertiary/aromatic N) is 3. The zero-order chi connectivity index (χ0) is 23.0. The van der Waals surface area contributed by atoms with E-state index in [2.05, 4.69) is 15.4 Å². The molecule has 1 aromatic carbocycles. The Morgan fingerprint density at radius 3 is 2.48 bits per heavy atom. The van der Waals surface area contributed by atoms with Crippen LogP contribution in [-0.2, 0) is 16.8 Å². The Balaban J connectivity index is 1.88. The molecule has 2 N–H and O–H groups in total. The van der Waals surface area contributed by atoms with E-state index >= 15 is 0 Å². The molecule has 0 aliphatic rings. The van der Waals surface area contributed by atoms with Crippen LogP contribution in [-0.4, -0.2) is 32.0 Å². The first-order chi connectivity index (χ1) is 14.4. The fraction of sp³-hybridized carbons (Fsp3) is 0.381. The van der Waals surface area contributed by atoms with Crippen molar-refractivity contribution >= 4 is 11.7 Å². The third kappa shape index (κ3) is 4.48. The van der Waals surface area contributed by atoms with Crippen LogP contribution in [0, 0.1) is 6.92 Å². The molecule has 7 nitrogen and oxygen atoms in total. The van der Waals surface area contributed by atoms with Crippen LogP contribution in [0.1, 0.15) is 43.8 Å². The molecule has 0 aliphatic carbocycles. The SMILES string of the molecule is Cc1oc(-c2ccccc2)nc1CC(=O)Nc1c([C@@](C)(O)C(F)(F)F)cnn1C(C)C. The van der Waals surface area contributed by atoms with E-state index in [1.54, 1.807) is 20.8 Å². The quantitative estimate of drug-likeness (QED) is 0.598. The molecular formula is C21H23F3N4O3. The predicted octanol–water partition coefficient (Wildman–Crippen LogP) is 4.38. The van der Waals surface area contributed by atoms with Crippen LogP contribution in [0.5, 0.6) is 0 Å². The second-order valence-corrected chi connectivity index (χ2v) is 7.63. The van der Waals surface area contributed by atoms with Gasteiger partial charge in [-0.2, -0.15) is 18.3 Å². The minimum Gasteiger partial charge on any atom is -0.441 e. The zero-order valence-electron chi connectivity index (χ0n) is 17.5. The number of hydrogen-bond acceptors (Lipinski definition) is 5. The van der Waals surface area contributed by atoms with E-state index in [1.165, 1.54) is 4.68 Å². The molecule has 0 fully saturated rings. The number of alkyl halides is 3. The van der Waals surface area contributed by atoms with Crippen molar-refractivity contribution in [3.05, 3.63) is 53.5 Å². The summed E-state index contributed by atoms with van der Waals surface area (Å²) in [5.41, 5.74) is -2.63. The van der Waals surface area contributed by atoms with Crippen LogP contribution < -0.4 is 5.32 Å². The van der Waals surface area contributed by atoms with Crippen molar-refractivity contribution in [2.45, 2.75) is 51.9 Å². The topological polar surface area (TPSA) is 93.2 Å². The van der Waals surface area contributed by atoms with Gasteiger partial charge < -0.3 is 14.8 Å². The lowest BCUT2D eigenvalue weighted by Crippen LogP contribution is -2.40. The second-order valence-electron chi connectivity index (χ2n) is 7.63. The number of carbonyl (C=O) groups is 1. The molecule has 0 bridgehead atoms. The molecule has 1 amide bonds. The molecule has 0 saturated heterocycles. The highest BCUT2D eigenvalue weighted by molar-refractivity contribution is 5.92. The van der Waals surface area contributed by atoms with Crippen molar-refractivity contribution in [1.82, 2.24) is 14.8 Å². The van der Waals surface area contributed by atoms with Crippen molar-refractivity contribution in [3.8, 4) is 11.5 Å². The minimum absolute atomic E-state index is 0.216. The van der Waals surface area contributed by atoms with Gasteiger partial charge in [0.1, 0.15) is 11.6 Å². The molecule has 1 atom stereocenters. The van der Waals surface area contributed by atoms with Crippen LogP contribution in [0.25, 0.3) is 11.5 Å². The van der Waals surface area contributed by atoms with Gasteiger partial charge in [0.05, 0.1) is 23.9 Å². The van der Waals surface area contributed by atoms with Gasteiger partial charge in [0.2, 0.25) is 11.8 Å². The number of benzene rings is 1. The lowest BCUT2D eigenvalue weighted by atomic mass is 9.97. The molecular weight excluding hydrogens is 413 g/mol. The summed E-state index contributed by atoms with van der Waals surface area (Å²) in [5, 5.41) is 16.5. The Morgan fingerprint density at radius 2 is 1.90 bits per heavy atom. The largest absolute Gasteiger partial charge is 0.441 e. The van der Waals surface area contributed by atoms with Gasteiger partial charge in [-0.15, -0.1) is 0 Å². The standard InChI is InChI=1S/C21H23F3N4O3/c1-12(2)28-18(15(11-25-28)20(4,30)21(22,23)24)27-17(29)10-16-13(3)31-19(26-16)14-8-6-5-7-9-14/h5-9,11-12,30H,10H2,1-4H3,(H,27,29)/t20-/m1/s1. The minimum atomic E-state index is -4.95. The average molecular weight is 436 g/mol. The molecule has 0 spiro atoms. The van der Waals surface area contributed by atoms with Crippen molar-refractivity contribution in [2.75, 3.05) is 5.32 Å². The summed E-state index contributed by atoms with van der Waals surface area (Å²) in [5.74, 6) is -0.0629. The van der Waals surface area contributed by atoms with Crippen molar-refractivity contribution in [3.63, 3.8) is 0 Å². The number of aromatic nitrogens is 3. The molecule has 0 radical (unpaired) electrons. The molecule has 10 heteroatoms. The lowest BCUT2D eigenvalue weighted by molar-refractivity contribution is -0.258. The summed E-state index contributed by atoms with van der Waals surface area (Å²) in [6.45, 7) is 5.67. The molecule has 2 heterocycles. The third-order valence-corrected chi connectivity index (χ3v) is 4.86. The molecule has 166 valence electrons. The van der Waals surface area contributed by atoms with E-state index in [-0.39, 0.29) is 18.3 Å². The number of halogens is 3. The smallest absolute Gasteiger partial charge is 0.421 e. The Labute approximate surface area is 176 Å². The number of hydrogen-bond donors (Lipinski definition) is 2. The number of anilines is 1. The van der Waals surface area contributed by atoms with E-state index in [1.807, 2.05) is 30.3 Å². The first-order valence-electron chi connectivity index (χ1n) is 9.60.